The van der Waals surface area contributed by atoms with Crippen molar-refractivity contribution in [3.05, 3.63) is 54.7 Å². The van der Waals surface area contributed by atoms with Crippen molar-refractivity contribution in [1.29, 1.82) is 0 Å². The van der Waals surface area contributed by atoms with Gasteiger partial charge < -0.3 is 9.47 Å². The molecule has 0 saturated carbocycles. The van der Waals surface area contributed by atoms with E-state index in [1.54, 1.807) is 12.3 Å². The summed E-state index contributed by atoms with van der Waals surface area (Å²) in [6, 6.07) is 9.73. The molecule has 0 unspecified atom stereocenters. The highest BCUT2D eigenvalue weighted by atomic mass is 16.5. The van der Waals surface area contributed by atoms with Crippen LogP contribution in [0.3, 0.4) is 0 Å². The maximum atomic E-state index is 12.0. The van der Waals surface area contributed by atoms with E-state index in [1.807, 2.05) is 30.3 Å². The first-order valence-electron chi connectivity index (χ1n) is 9.95. The van der Waals surface area contributed by atoms with Crippen LogP contribution in [0.4, 0.5) is 0 Å². The lowest BCUT2D eigenvalue weighted by Crippen LogP contribution is -2.05. The van der Waals surface area contributed by atoms with Crippen LogP contribution in [0.15, 0.2) is 49.2 Å². The maximum absolute atomic E-state index is 12.0. The minimum Gasteiger partial charge on any atom is -0.461 e. The molecule has 0 amide bonds. The van der Waals surface area contributed by atoms with Crippen molar-refractivity contribution >= 4 is 22.8 Å². The van der Waals surface area contributed by atoms with Crippen molar-refractivity contribution in [2.45, 2.75) is 58.0 Å². The summed E-state index contributed by atoms with van der Waals surface area (Å²) in [5.41, 5.74) is 1.88. The lowest BCUT2D eigenvalue weighted by atomic mass is 10.1. The fourth-order valence-electron chi connectivity index (χ4n) is 2.98. The molecule has 0 saturated heterocycles. The van der Waals surface area contributed by atoms with E-state index in [1.165, 1.54) is 0 Å². The second-order valence-electron chi connectivity index (χ2n) is 6.74. The summed E-state index contributed by atoms with van der Waals surface area (Å²) in [6.45, 7) is 4.08. The first-order chi connectivity index (χ1) is 13.7. The highest BCUT2D eigenvalue weighted by Gasteiger charge is 2.06. The number of unbranched alkanes of at least 4 members (excludes halogenated alkanes) is 5. The van der Waals surface area contributed by atoms with E-state index >= 15 is 0 Å². The van der Waals surface area contributed by atoms with Crippen molar-refractivity contribution in [2.75, 3.05) is 6.61 Å². The lowest BCUT2D eigenvalue weighted by Gasteiger charge is -2.07. The molecule has 0 radical (unpaired) electrons. The molecule has 150 valence electrons. The standard InChI is InChI=1S/C23H29NO4/c1-2-17-27-22(25)13-7-5-3-4-6-8-14-23(26)28-18-19-15-16-24-21-12-10-9-11-20(19)21/h2,9-12,15-16H,1,3-8,13-14,17-18H2. The molecule has 2 rings (SSSR count). The molecule has 0 fully saturated rings. The molecule has 5 heteroatoms. The number of carbonyl (C=O) groups excluding carboxylic acids is 2. The van der Waals surface area contributed by atoms with Gasteiger partial charge in [-0.3, -0.25) is 14.6 Å². The van der Waals surface area contributed by atoms with Crippen LogP contribution in [-0.2, 0) is 25.7 Å². The number of para-hydroxylation sites is 1. The Morgan fingerprint density at radius 2 is 1.54 bits per heavy atom. The van der Waals surface area contributed by atoms with E-state index in [-0.39, 0.29) is 25.2 Å². The smallest absolute Gasteiger partial charge is 0.306 e. The zero-order chi connectivity index (χ0) is 20.0. The summed E-state index contributed by atoms with van der Waals surface area (Å²) in [7, 11) is 0. The molecule has 0 atom stereocenters. The topological polar surface area (TPSA) is 65.5 Å². The Labute approximate surface area is 166 Å². The number of rotatable bonds is 13. The van der Waals surface area contributed by atoms with Gasteiger partial charge in [0.1, 0.15) is 13.2 Å². The van der Waals surface area contributed by atoms with E-state index in [9.17, 15) is 9.59 Å². The minimum absolute atomic E-state index is 0.161. The number of nitrogens with zero attached hydrogens (tertiary/aromatic N) is 1. The van der Waals surface area contributed by atoms with Gasteiger partial charge in [0.15, 0.2) is 0 Å². The molecule has 0 aliphatic carbocycles. The fraction of sp³-hybridized carbons (Fsp3) is 0.435. The molecule has 0 aliphatic heterocycles. The number of carbonyl (C=O) groups is 2. The Morgan fingerprint density at radius 1 is 0.893 bits per heavy atom. The molecule has 0 N–H and O–H groups in total. The number of hydrogen-bond donors (Lipinski definition) is 0. The van der Waals surface area contributed by atoms with E-state index in [0.29, 0.717) is 12.8 Å². The van der Waals surface area contributed by atoms with Gasteiger partial charge in [-0.15, -0.1) is 0 Å². The van der Waals surface area contributed by atoms with Crippen LogP contribution < -0.4 is 0 Å². The average Bonchev–Trinajstić information content (AvgIpc) is 2.72. The third kappa shape index (κ3) is 7.91. The Bertz CT molecular complexity index is 767. The molecule has 1 aromatic carbocycles. The number of ether oxygens (including phenoxy) is 2. The van der Waals surface area contributed by atoms with Crippen LogP contribution in [0.2, 0.25) is 0 Å². The van der Waals surface area contributed by atoms with Crippen molar-refractivity contribution in [3.8, 4) is 0 Å². The Balaban J connectivity index is 1.52. The number of hydrogen-bond acceptors (Lipinski definition) is 5. The summed E-state index contributed by atoms with van der Waals surface area (Å²) >= 11 is 0. The summed E-state index contributed by atoms with van der Waals surface area (Å²) in [5.74, 6) is -0.324. The summed E-state index contributed by atoms with van der Waals surface area (Å²) in [5, 5.41) is 1.02. The Morgan fingerprint density at radius 3 is 2.25 bits per heavy atom. The van der Waals surface area contributed by atoms with Gasteiger partial charge in [0.05, 0.1) is 5.52 Å². The summed E-state index contributed by atoms with van der Waals surface area (Å²) < 4.78 is 10.3. The van der Waals surface area contributed by atoms with Gasteiger partial charge in [0, 0.05) is 30.0 Å². The minimum atomic E-state index is -0.162. The fourth-order valence-corrected chi connectivity index (χ4v) is 2.98. The van der Waals surface area contributed by atoms with E-state index in [2.05, 4.69) is 11.6 Å². The van der Waals surface area contributed by atoms with Gasteiger partial charge in [-0.25, -0.2) is 0 Å². The van der Waals surface area contributed by atoms with Crippen LogP contribution in [-0.4, -0.2) is 23.5 Å². The molecule has 0 aliphatic rings. The summed E-state index contributed by atoms with van der Waals surface area (Å²) in [4.78, 5) is 27.6. The van der Waals surface area contributed by atoms with Crippen LogP contribution in [0.25, 0.3) is 10.9 Å². The third-order valence-corrected chi connectivity index (χ3v) is 4.50. The first kappa shape index (κ1) is 21.6. The predicted molar refractivity (Wildman–Crippen MR) is 110 cm³/mol. The van der Waals surface area contributed by atoms with Crippen LogP contribution in [0, 0.1) is 0 Å². The number of benzene rings is 1. The highest BCUT2D eigenvalue weighted by molar-refractivity contribution is 5.82. The lowest BCUT2D eigenvalue weighted by molar-refractivity contribution is -0.145. The average molecular weight is 383 g/mol. The Hall–Kier alpha value is -2.69. The molecule has 2 aromatic rings. The molecule has 5 nitrogen and oxygen atoms in total. The first-order valence-corrected chi connectivity index (χ1v) is 9.95. The second kappa shape index (κ2) is 12.7. The molecular weight excluding hydrogens is 354 g/mol. The maximum Gasteiger partial charge on any atom is 0.306 e. The number of fused-ring (bicyclic) bond motifs is 1. The molecule has 1 aromatic heterocycles. The van der Waals surface area contributed by atoms with Crippen molar-refractivity contribution in [3.63, 3.8) is 0 Å². The normalized spacial score (nSPS) is 10.6. The monoisotopic (exact) mass is 383 g/mol. The number of esters is 2. The van der Waals surface area contributed by atoms with E-state index in [4.69, 9.17) is 9.47 Å². The van der Waals surface area contributed by atoms with Crippen LogP contribution in [0.1, 0.15) is 56.9 Å². The van der Waals surface area contributed by atoms with Crippen molar-refractivity contribution in [1.82, 2.24) is 4.98 Å². The van der Waals surface area contributed by atoms with Gasteiger partial charge in [-0.05, 0) is 25.0 Å². The van der Waals surface area contributed by atoms with Gasteiger partial charge in [0.2, 0.25) is 0 Å². The summed E-state index contributed by atoms with van der Waals surface area (Å²) in [6.07, 6.45) is 10.0. The quantitative estimate of drug-likeness (QED) is 0.273. The molecular formula is C23H29NO4. The number of pyridine rings is 1. The molecule has 1 heterocycles. The second-order valence-corrected chi connectivity index (χ2v) is 6.74. The predicted octanol–water partition coefficient (Wildman–Crippen LogP) is 5.13. The molecule has 0 bridgehead atoms. The van der Waals surface area contributed by atoms with Crippen molar-refractivity contribution in [2.24, 2.45) is 0 Å². The van der Waals surface area contributed by atoms with Crippen LogP contribution >= 0.6 is 0 Å². The largest absolute Gasteiger partial charge is 0.461 e. The van der Waals surface area contributed by atoms with Gasteiger partial charge in [-0.2, -0.15) is 0 Å². The van der Waals surface area contributed by atoms with Gasteiger partial charge in [-0.1, -0.05) is 56.5 Å². The SMILES string of the molecule is C=CCOC(=O)CCCCCCCCC(=O)OCc1ccnc2ccccc12. The van der Waals surface area contributed by atoms with E-state index < -0.39 is 0 Å². The van der Waals surface area contributed by atoms with E-state index in [0.717, 1.165) is 55.0 Å². The Kier molecular flexibility index (Phi) is 9.76. The third-order valence-electron chi connectivity index (χ3n) is 4.50. The molecule has 28 heavy (non-hydrogen) atoms. The van der Waals surface area contributed by atoms with Gasteiger partial charge >= 0.3 is 11.9 Å². The highest BCUT2D eigenvalue weighted by Crippen LogP contribution is 2.17. The molecule has 0 spiro atoms. The zero-order valence-corrected chi connectivity index (χ0v) is 16.4. The number of aromatic nitrogens is 1. The van der Waals surface area contributed by atoms with Gasteiger partial charge in [0.25, 0.3) is 0 Å². The zero-order valence-electron chi connectivity index (χ0n) is 16.4. The van der Waals surface area contributed by atoms with Crippen molar-refractivity contribution < 1.29 is 19.1 Å². The van der Waals surface area contributed by atoms with Crippen LogP contribution in [0.5, 0.6) is 0 Å².